The summed E-state index contributed by atoms with van der Waals surface area (Å²) in [5.74, 6) is -1.07. The summed E-state index contributed by atoms with van der Waals surface area (Å²) in [5, 5.41) is 5.95. The van der Waals surface area contributed by atoms with E-state index in [4.69, 9.17) is 4.74 Å². The molecule has 2 aromatic heterocycles. The van der Waals surface area contributed by atoms with E-state index in [2.05, 4.69) is 20.0 Å². The molecule has 170 valence electrons. The van der Waals surface area contributed by atoms with Gasteiger partial charge in [-0.3, -0.25) is 14.2 Å². The fraction of sp³-hybridized carbons (Fsp3) is 0.300. The van der Waals surface area contributed by atoms with Gasteiger partial charge >= 0.3 is 6.18 Å². The number of alkyl halides is 3. The number of nitrogens with one attached hydrogen (secondary N) is 1. The second-order valence-corrected chi connectivity index (χ2v) is 6.76. The molecule has 0 unspecified atom stereocenters. The second-order valence-electron chi connectivity index (χ2n) is 6.76. The molecule has 0 radical (unpaired) electrons. The van der Waals surface area contributed by atoms with E-state index < -0.39 is 23.2 Å². The standard InChI is InChI=1S/C20H20F3N5O4/c1-4-31-16-15(17(29)25-13-9-24-32-11-13)26-19(28(3)18(16)30)27(2)10-12-7-5-6-8-14(12)20(21,22)23/h5-9,11H,4,10H2,1-3H3,(H,25,29). The minimum atomic E-state index is -4.54. The molecule has 9 nitrogen and oxygen atoms in total. The molecular weight excluding hydrogens is 431 g/mol. The quantitative estimate of drug-likeness (QED) is 0.589. The number of aromatic nitrogens is 3. The van der Waals surface area contributed by atoms with Crippen molar-refractivity contribution in [3.05, 3.63) is 63.9 Å². The van der Waals surface area contributed by atoms with Crippen LogP contribution < -0.4 is 20.5 Å². The average molecular weight is 451 g/mol. The van der Waals surface area contributed by atoms with Crippen molar-refractivity contribution in [3.63, 3.8) is 0 Å². The van der Waals surface area contributed by atoms with Crippen LogP contribution in [-0.4, -0.2) is 34.3 Å². The van der Waals surface area contributed by atoms with Crippen molar-refractivity contribution in [1.29, 1.82) is 0 Å². The highest BCUT2D eigenvalue weighted by molar-refractivity contribution is 6.04. The van der Waals surface area contributed by atoms with Crippen molar-refractivity contribution < 1.29 is 27.2 Å². The van der Waals surface area contributed by atoms with Crippen molar-refractivity contribution in [2.75, 3.05) is 23.9 Å². The highest BCUT2D eigenvalue weighted by Gasteiger charge is 2.33. The van der Waals surface area contributed by atoms with E-state index in [9.17, 15) is 22.8 Å². The number of nitrogens with zero attached hydrogens (tertiary/aromatic N) is 4. The molecule has 12 heteroatoms. The lowest BCUT2D eigenvalue weighted by Crippen LogP contribution is -2.33. The van der Waals surface area contributed by atoms with Crippen molar-refractivity contribution in [2.24, 2.45) is 7.05 Å². The highest BCUT2D eigenvalue weighted by atomic mass is 19.4. The molecule has 0 aliphatic rings. The Hall–Kier alpha value is -3.83. The first-order chi connectivity index (χ1) is 15.1. The van der Waals surface area contributed by atoms with Crippen LogP contribution in [0, 0.1) is 0 Å². The van der Waals surface area contributed by atoms with Crippen molar-refractivity contribution in [3.8, 4) is 5.75 Å². The number of hydrogen-bond acceptors (Lipinski definition) is 7. The molecule has 0 saturated heterocycles. The van der Waals surface area contributed by atoms with E-state index in [1.807, 2.05) is 0 Å². The van der Waals surface area contributed by atoms with Crippen molar-refractivity contribution >= 4 is 17.5 Å². The monoisotopic (exact) mass is 451 g/mol. The molecule has 3 rings (SSSR count). The number of hydrogen-bond donors (Lipinski definition) is 1. The SMILES string of the molecule is CCOc1c(C(=O)Nc2cnoc2)nc(N(C)Cc2ccccc2C(F)(F)F)n(C)c1=O. The predicted octanol–water partition coefficient (Wildman–Crippen LogP) is 3.07. The van der Waals surface area contributed by atoms with Gasteiger partial charge in [0.15, 0.2) is 5.69 Å². The van der Waals surface area contributed by atoms with Gasteiger partial charge in [-0.15, -0.1) is 0 Å². The van der Waals surface area contributed by atoms with Crippen LogP contribution in [0.4, 0.5) is 24.8 Å². The van der Waals surface area contributed by atoms with Crippen LogP contribution in [0.15, 0.2) is 46.0 Å². The zero-order valence-electron chi connectivity index (χ0n) is 17.4. The number of amides is 1. The topological polar surface area (TPSA) is 102 Å². The maximum absolute atomic E-state index is 13.4. The van der Waals surface area contributed by atoms with Crippen molar-refractivity contribution in [2.45, 2.75) is 19.6 Å². The Labute approximate surface area is 180 Å². The van der Waals surface area contributed by atoms with Gasteiger partial charge in [-0.1, -0.05) is 23.4 Å². The van der Waals surface area contributed by atoms with Gasteiger partial charge in [0.1, 0.15) is 12.0 Å². The molecule has 0 fully saturated rings. The number of benzene rings is 1. The molecule has 1 aromatic carbocycles. The molecule has 1 N–H and O–H groups in total. The van der Waals surface area contributed by atoms with E-state index >= 15 is 0 Å². The van der Waals surface area contributed by atoms with Gasteiger partial charge in [-0.05, 0) is 18.6 Å². The van der Waals surface area contributed by atoms with E-state index in [1.54, 1.807) is 6.92 Å². The third-order valence-electron chi connectivity index (χ3n) is 4.49. The third kappa shape index (κ3) is 4.74. The van der Waals surface area contributed by atoms with Gasteiger partial charge in [-0.2, -0.15) is 13.2 Å². The summed E-state index contributed by atoms with van der Waals surface area (Å²) in [6.07, 6.45) is -2.11. The maximum atomic E-state index is 13.4. The van der Waals surface area contributed by atoms with Gasteiger partial charge in [0.25, 0.3) is 11.5 Å². The first-order valence-corrected chi connectivity index (χ1v) is 9.44. The first kappa shape index (κ1) is 22.8. The lowest BCUT2D eigenvalue weighted by molar-refractivity contribution is -0.138. The predicted molar refractivity (Wildman–Crippen MR) is 109 cm³/mol. The molecule has 0 bridgehead atoms. The third-order valence-corrected chi connectivity index (χ3v) is 4.49. The molecule has 0 atom stereocenters. The minimum absolute atomic E-state index is 0.0129. The summed E-state index contributed by atoms with van der Waals surface area (Å²) in [6, 6.07) is 5.10. The summed E-state index contributed by atoms with van der Waals surface area (Å²) in [6.45, 7) is 1.52. The summed E-state index contributed by atoms with van der Waals surface area (Å²) >= 11 is 0. The van der Waals surface area contributed by atoms with E-state index in [0.717, 1.165) is 10.6 Å². The van der Waals surface area contributed by atoms with Crippen molar-refractivity contribution in [1.82, 2.24) is 14.7 Å². The number of carbonyl (C=O) groups excluding carboxylic acids is 1. The molecule has 3 aromatic rings. The smallest absolute Gasteiger partial charge is 0.416 e. The Morgan fingerprint density at radius 2 is 2.03 bits per heavy atom. The Morgan fingerprint density at radius 3 is 2.66 bits per heavy atom. The molecule has 0 spiro atoms. The molecule has 0 aliphatic heterocycles. The Morgan fingerprint density at radius 1 is 1.31 bits per heavy atom. The van der Waals surface area contributed by atoms with Gasteiger partial charge < -0.3 is 19.5 Å². The fourth-order valence-corrected chi connectivity index (χ4v) is 3.06. The number of halogens is 3. The second kappa shape index (κ2) is 9.12. The normalized spacial score (nSPS) is 11.3. The number of anilines is 2. The van der Waals surface area contributed by atoms with E-state index in [0.29, 0.717) is 0 Å². The average Bonchev–Trinajstić information content (AvgIpc) is 3.24. The van der Waals surface area contributed by atoms with Crippen LogP contribution in [0.25, 0.3) is 0 Å². The molecule has 0 saturated carbocycles. The fourth-order valence-electron chi connectivity index (χ4n) is 3.06. The number of rotatable bonds is 7. The van der Waals surface area contributed by atoms with Crippen LogP contribution in [0.2, 0.25) is 0 Å². The molecule has 0 aliphatic carbocycles. The van der Waals surface area contributed by atoms with Gasteiger partial charge in [0.2, 0.25) is 11.7 Å². The number of ether oxygens (including phenoxy) is 1. The molecule has 32 heavy (non-hydrogen) atoms. The van der Waals surface area contributed by atoms with Crippen LogP contribution in [0.5, 0.6) is 5.75 Å². The maximum Gasteiger partial charge on any atom is 0.416 e. The largest absolute Gasteiger partial charge is 0.486 e. The summed E-state index contributed by atoms with van der Waals surface area (Å²) in [4.78, 5) is 31.2. The Kier molecular flexibility index (Phi) is 6.51. The first-order valence-electron chi connectivity index (χ1n) is 9.44. The number of carbonyl (C=O) groups is 1. The van der Waals surface area contributed by atoms with Gasteiger partial charge in [0, 0.05) is 20.6 Å². The van der Waals surface area contributed by atoms with Crippen LogP contribution in [0.3, 0.4) is 0 Å². The van der Waals surface area contributed by atoms with Crippen LogP contribution in [0.1, 0.15) is 28.5 Å². The zero-order valence-corrected chi connectivity index (χ0v) is 17.4. The Balaban J connectivity index is 2.02. The van der Waals surface area contributed by atoms with Gasteiger partial charge in [-0.25, -0.2) is 4.98 Å². The lowest BCUT2D eigenvalue weighted by atomic mass is 10.1. The molecule has 2 heterocycles. The Bertz CT molecular complexity index is 1160. The summed E-state index contributed by atoms with van der Waals surface area (Å²) in [5.41, 5.74) is -1.56. The molecular formula is C20H20F3N5O4. The van der Waals surface area contributed by atoms with E-state index in [-0.39, 0.29) is 41.8 Å². The van der Waals surface area contributed by atoms with Crippen LogP contribution in [-0.2, 0) is 19.8 Å². The highest BCUT2D eigenvalue weighted by Crippen LogP contribution is 2.32. The lowest BCUT2D eigenvalue weighted by Gasteiger charge is -2.23. The molecule has 1 amide bonds. The minimum Gasteiger partial charge on any atom is -0.486 e. The van der Waals surface area contributed by atoms with Gasteiger partial charge in [0.05, 0.1) is 18.4 Å². The van der Waals surface area contributed by atoms with E-state index in [1.165, 1.54) is 49.7 Å². The zero-order chi connectivity index (χ0) is 23.5. The summed E-state index contributed by atoms with van der Waals surface area (Å²) in [7, 11) is 2.86. The van der Waals surface area contributed by atoms with Crippen LogP contribution >= 0.6 is 0 Å². The summed E-state index contributed by atoms with van der Waals surface area (Å²) < 4.78 is 51.2.